The summed E-state index contributed by atoms with van der Waals surface area (Å²) in [7, 11) is 0. The lowest BCUT2D eigenvalue weighted by Crippen LogP contribution is -2.34. The van der Waals surface area contributed by atoms with Gasteiger partial charge in [-0.1, -0.05) is 0 Å². The summed E-state index contributed by atoms with van der Waals surface area (Å²) in [4.78, 5) is 26.9. The molecule has 3 aliphatic rings. The van der Waals surface area contributed by atoms with Crippen molar-refractivity contribution in [2.75, 3.05) is 18.0 Å². The maximum Gasteiger partial charge on any atom is 0.225 e. The Hall–Kier alpha value is -1.69. The molecule has 5 rings (SSSR count). The summed E-state index contributed by atoms with van der Waals surface area (Å²) in [6, 6.07) is 0.443. The Bertz CT molecular complexity index is 842. The number of rotatable bonds is 3. The van der Waals surface area contributed by atoms with Gasteiger partial charge in [0, 0.05) is 24.0 Å². The van der Waals surface area contributed by atoms with Gasteiger partial charge in [0.15, 0.2) is 0 Å². The highest BCUT2D eigenvalue weighted by Gasteiger charge is 2.34. The highest BCUT2D eigenvalue weighted by Crippen LogP contribution is 2.40. The van der Waals surface area contributed by atoms with E-state index in [1.54, 1.807) is 0 Å². The first kappa shape index (κ1) is 15.6. The fourth-order valence-corrected chi connectivity index (χ4v) is 5.49. The van der Waals surface area contributed by atoms with Gasteiger partial charge in [-0.15, -0.1) is 11.3 Å². The number of nitrogens with one attached hydrogen (secondary N) is 1. The van der Waals surface area contributed by atoms with Crippen LogP contribution in [0.4, 0.5) is 5.82 Å². The summed E-state index contributed by atoms with van der Waals surface area (Å²) >= 11 is 1.85. The molecule has 0 bridgehead atoms. The highest BCUT2D eigenvalue weighted by molar-refractivity contribution is 7.19. The zero-order valence-electron chi connectivity index (χ0n) is 14.7. The first-order valence-electron chi connectivity index (χ1n) is 9.53. The molecule has 1 saturated carbocycles. The van der Waals surface area contributed by atoms with Crippen LogP contribution in [0.2, 0.25) is 0 Å². The normalized spacial score (nSPS) is 23.1. The van der Waals surface area contributed by atoms with Gasteiger partial charge in [-0.3, -0.25) is 4.79 Å². The molecule has 1 aliphatic heterocycles. The van der Waals surface area contributed by atoms with Crippen LogP contribution in [0.1, 0.15) is 48.4 Å². The Morgan fingerprint density at radius 3 is 2.88 bits per heavy atom. The summed E-state index contributed by atoms with van der Waals surface area (Å²) in [5, 5.41) is 4.44. The van der Waals surface area contributed by atoms with Gasteiger partial charge < -0.3 is 10.2 Å². The van der Waals surface area contributed by atoms with Crippen LogP contribution in [-0.4, -0.2) is 35.0 Å². The molecule has 3 heterocycles. The number of anilines is 1. The molecule has 5 nitrogen and oxygen atoms in total. The Kier molecular flexibility index (Phi) is 3.69. The van der Waals surface area contributed by atoms with Crippen molar-refractivity contribution in [3.63, 3.8) is 0 Å². The molecule has 0 aromatic carbocycles. The molecule has 1 amide bonds. The molecule has 6 heteroatoms. The maximum absolute atomic E-state index is 12.4. The minimum absolute atomic E-state index is 0.0976. The predicted molar refractivity (Wildman–Crippen MR) is 100 cm³/mol. The number of carbonyl (C=O) groups excluding carboxylic acids is 1. The Morgan fingerprint density at radius 2 is 2.04 bits per heavy atom. The SMILES string of the molecule is Cc1nc(N2CCC(C(=O)NC3CC3)C2)c2c3c(sc2n1)CCCC3. The number of carbonyl (C=O) groups is 1. The van der Waals surface area contributed by atoms with Crippen molar-refractivity contribution in [1.29, 1.82) is 0 Å². The van der Waals surface area contributed by atoms with E-state index in [-0.39, 0.29) is 11.8 Å². The van der Waals surface area contributed by atoms with Crippen molar-refractivity contribution in [2.45, 2.75) is 57.9 Å². The standard InChI is InChI=1S/C19H24N4OS/c1-11-20-17(16-14-4-2-3-5-15(14)25-19(16)21-11)23-9-8-12(10-23)18(24)22-13-6-7-13/h12-13H,2-10H2,1H3,(H,22,24). The van der Waals surface area contributed by atoms with Gasteiger partial charge in [0.05, 0.1) is 11.3 Å². The van der Waals surface area contributed by atoms with E-state index in [1.807, 2.05) is 18.3 Å². The monoisotopic (exact) mass is 356 g/mol. The van der Waals surface area contributed by atoms with Crippen LogP contribution in [-0.2, 0) is 17.6 Å². The van der Waals surface area contributed by atoms with Crippen molar-refractivity contribution < 1.29 is 4.79 Å². The van der Waals surface area contributed by atoms with Gasteiger partial charge in [-0.05, 0) is 57.4 Å². The lowest BCUT2D eigenvalue weighted by Gasteiger charge is -2.20. The molecule has 132 valence electrons. The molecule has 2 aromatic heterocycles. The summed E-state index contributed by atoms with van der Waals surface area (Å²) in [6.45, 7) is 3.68. The predicted octanol–water partition coefficient (Wildman–Crippen LogP) is 2.98. The van der Waals surface area contributed by atoms with Gasteiger partial charge in [-0.2, -0.15) is 0 Å². The van der Waals surface area contributed by atoms with Crippen LogP contribution in [0.3, 0.4) is 0 Å². The van der Waals surface area contributed by atoms with E-state index in [0.29, 0.717) is 6.04 Å². The van der Waals surface area contributed by atoms with Gasteiger partial charge in [0.2, 0.25) is 5.91 Å². The molecule has 25 heavy (non-hydrogen) atoms. The van der Waals surface area contributed by atoms with E-state index in [0.717, 1.165) is 55.2 Å². The smallest absolute Gasteiger partial charge is 0.225 e. The van der Waals surface area contributed by atoms with Gasteiger partial charge in [0.1, 0.15) is 16.5 Å². The van der Waals surface area contributed by atoms with E-state index in [4.69, 9.17) is 9.97 Å². The molecule has 1 atom stereocenters. The third-order valence-electron chi connectivity index (χ3n) is 5.69. The number of fused-ring (bicyclic) bond motifs is 3. The Labute approximate surface area is 151 Å². The van der Waals surface area contributed by atoms with Crippen molar-refractivity contribution in [1.82, 2.24) is 15.3 Å². The van der Waals surface area contributed by atoms with Crippen molar-refractivity contribution in [2.24, 2.45) is 5.92 Å². The Balaban J connectivity index is 1.48. The highest BCUT2D eigenvalue weighted by atomic mass is 32.1. The molecule has 1 saturated heterocycles. The van der Waals surface area contributed by atoms with Crippen molar-refractivity contribution in [3.8, 4) is 0 Å². The first-order valence-corrected chi connectivity index (χ1v) is 10.3. The minimum Gasteiger partial charge on any atom is -0.355 e. The zero-order chi connectivity index (χ0) is 17.0. The third-order valence-corrected chi connectivity index (χ3v) is 6.88. The largest absolute Gasteiger partial charge is 0.355 e. The number of nitrogens with zero attached hydrogens (tertiary/aromatic N) is 3. The van der Waals surface area contributed by atoms with Crippen LogP contribution in [0.5, 0.6) is 0 Å². The lowest BCUT2D eigenvalue weighted by molar-refractivity contribution is -0.124. The maximum atomic E-state index is 12.4. The van der Waals surface area contributed by atoms with Crippen LogP contribution >= 0.6 is 11.3 Å². The first-order chi connectivity index (χ1) is 12.2. The third kappa shape index (κ3) is 2.80. The number of amides is 1. The number of hydrogen-bond acceptors (Lipinski definition) is 5. The molecule has 0 radical (unpaired) electrons. The lowest BCUT2D eigenvalue weighted by atomic mass is 9.97. The molecule has 1 unspecified atom stereocenters. The van der Waals surface area contributed by atoms with Crippen molar-refractivity contribution in [3.05, 3.63) is 16.3 Å². The van der Waals surface area contributed by atoms with Crippen LogP contribution in [0, 0.1) is 12.8 Å². The van der Waals surface area contributed by atoms with E-state index in [1.165, 1.54) is 35.1 Å². The van der Waals surface area contributed by atoms with E-state index >= 15 is 0 Å². The van der Waals surface area contributed by atoms with E-state index in [9.17, 15) is 4.79 Å². The molecule has 2 aliphatic carbocycles. The number of hydrogen-bond donors (Lipinski definition) is 1. The van der Waals surface area contributed by atoms with Gasteiger partial charge in [-0.25, -0.2) is 9.97 Å². The molecule has 1 N–H and O–H groups in total. The average molecular weight is 356 g/mol. The summed E-state index contributed by atoms with van der Waals surface area (Å²) in [6.07, 6.45) is 8.10. The molecule has 2 fully saturated rings. The topological polar surface area (TPSA) is 58.1 Å². The van der Waals surface area contributed by atoms with E-state index in [2.05, 4.69) is 10.2 Å². The second-order valence-corrected chi connectivity index (χ2v) is 8.78. The molecular weight excluding hydrogens is 332 g/mol. The van der Waals surface area contributed by atoms with Crippen molar-refractivity contribution >= 4 is 33.3 Å². The fraction of sp³-hybridized carbons (Fsp3) is 0.632. The van der Waals surface area contributed by atoms with Crippen LogP contribution < -0.4 is 10.2 Å². The van der Waals surface area contributed by atoms with Crippen LogP contribution in [0.15, 0.2) is 0 Å². The minimum atomic E-state index is 0.0976. The average Bonchev–Trinajstić information content (AvgIpc) is 3.15. The molecule has 0 spiro atoms. The summed E-state index contributed by atoms with van der Waals surface area (Å²) in [5.74, 6) is 2.25. The quantitative estimate of drug-likeness (QED) is 0.918. The molecular formula is C19H24N4OS. The van der Waals surface area contributed by atoms with Crippen LogP contribution in [0.25, 0.3) is 10.2 Å². The number of aryl methyl sites for hydroxylation is 3. The Morgan fingerprint density at radius 1 is 1.20 bits per heavy atom. The number of aromatic nitrogens is 2. The second-order valence-electron chi connectivity index (χ2n) is 7.70. The molecule has 2 aromatic rings. The second kappa shape index (κ2) is 5.94. The summed E-state index contributed by atoms with van der Waals surface area (Å²) in [5.41, 5.74) is 1.48. The van der Waals surface area contributed by atoms with E-state index < -0.39 is 0 Å². The number of thiophene rings is 1. The zero-order valence-corrected chi connectivity index (χ0v) is 15.5. The fourth-order valence-electron chi connectivity index (χ4n) is 4.18. The summed E-state index contributed by atoms with van der Waals surface area (Å²) < 4.78 is 0. The van der Waals surface area contributed by atoms with Gasteiger partial charge in [0.25, 0.3) is 0 Å². The van der Waals surface area contributed by atoms with Gasteiger partial charge >= 0.3 is 0 Å².